The van der Waals surface area contributed by atoms with Gasteiger partial charge in [0.15, 0.2) is 0 Å². The standard InChI is InChI=1S/C27H39N2.C10H13O.Ru/c1-18(2)22-11-9-12-23(19(3)4)26(22)28-15-16-29(17-28)27-24(20(5)6)13-10-14-25(27)21(7)8;1-8(2)11-10-7-5-4-6-9(10)3;/h9-14,17-21H,15-16H2,1-8H3;4-8H,3H2,1-2H3;/q2*-1;+2. The fourth-order valence-electron chi connectivity index (χ4n) is 5.40. The van der Waals surface area contributed by atoms with Crippen LogP contribution in [-0.4, -0.2) is 19.2 Å². The van der Waals surface area contributed by atoms with Gasteiger partial charge in [-0.25, -0.2) is 0 Å². The van der Waals surface area contributed by atoms with Crippen molar-refractivity contribution in [3.63, 3.8) is 0 Å². The predicted molar refractivity (Wildman–Crippen MR) is 175 cm³/mol. The van der Waals surface area contributed by atoms with Crippen molar-refractivity contribution >= 4 is 11.4 Å². The zero-order chi connectivity index (χ0) is 29.6. The summed E-state index contributed by atoms with van der Waals surface area (Å²) in [7, 11) is 0. The SMILES string of the molecule is CC(C)c1cccc(C(C)C)c1N1[CH-]N(c2c(C(C)C)cccc2C(C)C)CC1.[CH2-]c1ccccc1OC(C)C.[Ru+2]. The molecule has 0 aliphatic carbocycles. The number of hydrogen-bond acceptors (Lipinski definition) is 3. The van der Waals surface area contributed by atoms with Gasteiger partial charge in [0, 0.05) is 30.2 Å². The van der Waals surface area contributed by atoms with Crippen LogP contribution in [0.25, 0.3) is 0 Å². The monoisotopic (exact) mass is 642 g/mol. The van der Waals surface area contributed by atoms with Gasteiger partial charge in [0.05, 0.1) is 6.10 Å². The number of hydrogen-bond donors (Lipinski definition) is 0. The number of ether oxygens (including phenoxy) is 1. The predicted octanol–water partition coefficient (Wildman–Crippen LogP) is 10.3. The maximum absolute atomic E-state index is 5.48. The van der Waals surface area contributed by atoms with Crippen molar-refractivity contribution in [2.24, 2.45) is 0 Å². The molecule has 1 aliphatic rings. The first-order valence-corrected chi connectivity index (χ1v) is 15.1. The third kappa shape index (κ3) is 8.77. The third-order valence-electron chi connectivity index (χ3n) is 7.46. The largest absolute Gasteiger partial charge is 2.00 e. The van der Waals surface area contributed by atoms with Crippen molar-refractivity contribution in [3.05, 3.63) is 102 Å². The summed E-state index contributed by atoms with van der Waals surface area (Å²) in [6.45, 7) is 30.8. The van der Waals surface area contributed by atoms with E-state index in [0.29, 0.717) is 23.7 Å². The maximum Gasteiger partial charge on any atom is 2.00 e. The Balaban J connectivity index is 0.000000413. The Morgan fingerprint density at radius 2 is 0.951 bits per heavy atom. The first-order valence-electron chi connectivity index (χ1n) is 15.1. The number of nitrogens with zero attached hydrogens (tertiary/aromatic N) is 2. The van der Waals surface area contributed by atoms with Crippen molar-refractivity contribution in [2.75, 3.05) is 22.9 Å². The van der Waals surface area contributed by atoms with E-state index < -0.39 is 0 Å². The van der Waals surface area contributed by atoms with Crippen LogP contribution in [0.5, 0.6) is 5.75 Å². The number of benzene rings is 3. The molecule has 4 heteroatoms. The molecule has 0 bridgehead atoms. The van der Waals surface area contributed by atoms with E-state index in [1.54, 1.807) is 0 Å². The van der Waals surface area contributed by atoms with Crippen LogP contribution in [0.1, 0.15) is 121 Å². The molecule has 41 heavy (non-hydrogen) atoms. The fraction of sp³-hybridized carbons (Fsp3) is 0.459. The van der Waals surface area contributed by atoms with Gasteiger partial charge in [-0.3, -0.25) is 0 Å². The van der Waals surface area contributed by atoms with E-state index in [1.165, 1.54) is 33.6 Å². The normalized spacial score (nSPS) is 13.2. The van der Waals surface area contributed by atoms with Crippen LogP contribution in [0.4, 0.5) is 11.4 Å². The molecule has 3 aromatic rings. The minimum Gasteiger partial charge on any atom is -0.548 e. The average molecular weight is 642 g/mol. The zero-order valence-corrected chi connectivity index (χ0v) is 28.8. The van der Waals surface area contributed by atoms with Crippen LogP contribution in [0.2, 0.25) is 0 Å². The molecule has 0 radical (unpaired) electrons. The van der Waals surface area contributed by atoms with Crippen molar-refractivity contribution in [1.82, 2.24) is 0 Å². The summed E-state index contributed by atoms with van der Waals surface area (Å²) in [6, 6.07) is 21.5. The second kappa shape index (κ2) is 15.7. The first-order chi connectivity index (χ1) is 18.9. The van der Waals surface area contributed by atoms with E-state index in [2.05, 4.69) is 115 Å². The molecule has 0 N–H and O–H groups in total. The summed E-state index contributed by atoms with van der Waals surface area (Å²) >= 11 is 0. The Labute approximate surface area is 264 Å². The molecule has 4 rings (SSSR count). The molecule has 0 aromatic heterocycles. The maximum atomic E-state index is 5.48. The Kier molecular flexibility index (Phi) is 13.3. The Bertz CT molecular complexity index is 1110. The van der Waals surface area contributed by atoms with Crippen LogP contribution in [-0.2, 0) is 19.5 Å². The van der Waals surface area contributed by atoms with E-state index in [4.69, 9.17) is 4.74 Å². The topological polar surface area (TPSA) is 15.7 Å². The van der Waals surface area contributed by atoms with Crippen LogP contribution >= 0.6 is 0 Å². The Morgan fingerprint density at radius 3 is 1.27 bits per heavy atom. The summed E-state index contributed by atoms with van der Waals surface area (Å²) in [5.74, 6) is 2.93. The molecule has 0 unspecified atom stereocenters. The number of para-hydroxylation sites is 3. The smallest absolute Gasteiger partial charge is 0.548 e. The van der Waals surface area contributed by atoms with E-state index >= 15 is 0 Å². The van der Waals surface area contributed by atoms with Crippen molar-refractivity contribution < 1.29 is 24.2 Å². The zero-order valence-electron chi connectivity index (χ0n) is 27.0. The van der Waals surface area contributed by atoms with Crippen molar-refractivity contribution in [3.8, 4) is 5.75 Å². The Morgan fingerprint density at radius 1 is 0.585 bits per heavy atom. The van der Waals surface area contributed by atoms with Gasteiger partial charge in [-0.2, -0.15) is 25.2 Å². The molecule has 0 saturated carbocycles. The van der Waals surface area contributed by atoms with Gasteiger partial charge in [0.25, 0.3) is 0 Å². The van der Waals surface area contributed by atoms with Crippen molar-refractivity contribution in [1.29, 1.82) is 0 Å². The van der Waals surface area contributed by atoms with Gasteiger partial charge < -0.3 is 14.5 Å². The molecule has 0 amide bonds. The van der Waals surface area contributed by atoms with E-state index in [-0.39, 0.29) is 25.6 Å². The second-order valence-corrected chi connectivity index (χ2v) is 12.5. The number of anilines is 2. The van der Waals surface area contributed by atoms with Gasteiger partial charge in [-0.1, -0.05) is 104 Å². The molecule has 1 heterocycles. The quantitative estimate of drug-likeness (QED) is 0.180. The minimum atomic E-state index is 0. The fourth-order valence-corrected chi connectivity index (χ4v) is 5.40. The molecule has 1 aliphatic heterocycles. The summed E-state index contributed by atoms with van der Waals surface area (Å²) in [6.07, 6.45) is 0.220. The van der Waals surface area contributed by atoms with Crippen LogP contribution in [0.3, 0.4) is 0 Å². The van der Waals surface area contributed by atoms with Gasteiger partial charge in [-0.05, 0) is 59.8 Å². The molecule has 3 nitrogen and oxygen atoms in total. The van der Waals surface area contributed by atoms with Crippen molar-refractivity contribution in [2.45, 2.75) is 99.0 Å². The molecular weight excluding hydrogens is 589 g/mol. The number of rotatable bonds is 8. The second-order valence-electron chi connectivity index (χ2n) is 12.5. The summed E-state index contributed by atoms with van der Waals surface area (Å²) < 4.78 is 5.48. The molecule has 3 aromatic carbocycles. The van der Waals surface area contributed by atoms with Crippen LogP contribution < -0.4 is 14.5 Å². The van der Waals surface area contributed by atoms with E-state index in [9.17, 15) is 0 Å². The molecule has 0 atom stereocenters. The van der Waals surface area contributed by atoms with Gasteiger partial charge in [0.2, 0.25) is 0 Å². The average Bonchev–Trinajstić information content (AvgIpc) is 3.38. The van der Waals surface area contributed by atoms with Gasteiger partial charge >= 0.3 is 19.5 Å². The summed E-state index contributed by atoms with van der Waals surface area (Å²) in [4.78, 5) is 5.01. The molecular formula is C37H52N2ORu. The molecule has 1 saturated heterocycles. The Hall–Kier alpha value is -2.45. The molecule has 0 spiro atoms. The van der Waals surface area contributed by atoms with E-state index in [0.717, 1.165) is 24.4 Å². The first kappa shape index (κ1) is 34.8. The van der Waals surface area contributed by atoms with E-state index in [1.807, 2.05) is 38.1 Å². The third-order valence-corrected chi connectivity index (χ3v) is 7.46. The van der Waals surface area contributed by atoms with Gasteiger partial charge in [0.1, 0.15) is 0 Å². The minimum absolute atomic E-state index is 0. The molecule has 1 fully saturated rings. The summed E-state index contributed by atoms with van der Waals surface area (Å²) in [5, 5.41) is 0. The summed E-state index contributed by atoms with van der Waals surface area (Å²) in [5.41, 5.74) is 9.61. The van der Waals surface area contributed by atoms with Gasteiger partial charge in [-0.15, -0.1) is 6.07 Å². The van der Waals surface area contributed by atoms with Crippen LogP contribution in [0, 0.1) is 13.6 Å². The molecule has 224 valence electrons. The van der Waals surface area contributed by atoms with Crippen LogP contribution in [0.15, 0.2) is 60.7 Å².